The second-order valence-electron chi connectivity index (χ2n) is 5.99. The fraction of sp³-hybridized carbons (Fsp3) is 0.0455. The first-order valence-corrected chi connectivity index (χ1v) is 8.81. The molecule has 0 unspecified atom stereocenters. The Morgan fingerprint density at radius 2 is 1.62 bits per heavy atom. The van der Waals surface area contributed by atoms with E-state index in [1.54, 1.807) is 48.5 Å². The van der Waals surface area contributed by atoms with Crippen molar-refractivity contribution in [1.29, 1.82) is 0 Å². The minimum absolute atomic E-state index is 0.112. The van der Waals surface area contributed by atoms with Crippen molar-refractivity contribution >= 4 is 23.7 Å². The number of nitrogens with zero attached hydrogens (tertiary/aromatic N) is 1. The highest BCUT2D eigenvalue weighted by Gasteiger charge is 2.08. The highest BCUT2D eigenvalue weighted by atomic mass is 16.5. The van der Waals surface area contributed by atoms with Crippen LogP contribution in [0.4, 0.5) is 5.69 Å². The van der Waals surface area contributed by atoms with Crippen molar-refractivity contribution in [2.45, 2.75) is 0 Å². The van der Waals surface area contributed by atoms with Crippen molar-refractivity contribution in [3.8, 4) is 11.5 Å². The number of carbonyl (C=O) groups excluding carboxylic acids is 2. The van der Waals surface area contributed by atoms with Gasteiger partial charge in [-0.2, -0.15) is 5.10 Å². The molecule has 0 aliphatic rings. The first-order chi connectivity index (χ1) is 14.1. The van der Waals surface area contributed by atoms with E-state index in [2.05, 4.69) is 15.8 Å². The molecule has 2 amide bonds. The van der Waals surface area contributed by atoms with Gasteiger partial charge in [0.1, 0.15) is 11.5 Å². The maximum atomic E-state index is 11.9. The third-order valence-corrected chi connectivity index (χ3v) is 3.84. The lowest BCUT2D eigenvalue weighted by Gasteiger charge is -2.07. The molecule has 29 heavy (non-hydrogen) atoms. The van der Waals surface area contributed by atoms with Gasteiger partial charge in [-0.3, -0.25) is 9.59 Å². The van der Waals surface area contributed by atoms with E-state index >= 15 is 0 Å². The number of ether oxygens (including phenoxy) is 1. The Kier molecular flexibility index (Phi) is 6.57. The van der Waals surface area contributed by atoms with Gasteiger partial charge in [-0.25, -0.2) is 5.43 Å². The quantitative estimate of drug-likeness (QED) is 0.427. The molecule has 0 bridgehead atoms. The van der Waals surface area contributed by atoms with Gasteiger partial charge >= 0.3 is 0 Å². The molecule has 0 aromatic heterocycles. The number of anilines is 1. The first-order valence-electron chi connectivity index (χ1n) is 8.81. The normalized spacial score (nSPS) is 10.5. The second kappa shape index (κ2) is 9.70. The Morgan fingerprint density at radius 1 is 0.931 bits per heavy atom. The summed E-state index contributed by atoms with van der Waals surface area (Å²) in [6.45, 7) is -0.112. The molecule has 3 N–H and O–H groups in total. The monoisotopic (exact) mass is 389 g/mol. The molecule has 7 heteroatoms. The highest BCUT2D eigenvalue weighted by molar-refractivity contribution is 5.97. The maximum absolute atomic E-state index is 11.9. The van der Waals surface area contributed by atoms with E-state index in [4.69, 9.17) is 4.74 Å². The number of para-hydroxylation sites is 2. The van der Waals surface area contributed by atoms with Crippen molar-refractivity contribution in [2.24, 2.45) is 5.10 Å². The van der Waals surface area contributed by atoms with Gasteiger partial charge in [-0.1, -0.05) is 30.3 Å². The van der Waals surface area contributed by atoms with Crippen LogP contribution < -0.4 is 15.5 Å². The SMILES string of the molecule is O=C(COc1ccc(/C=N/NC(=O)c2ccccc2O)cc1)Nc1ccccc1. The standard InChI is InChI=1S/C22H19N3O4/c26-20-9-5-4-8-19(20)22(28)25-23-14-16-10-12-18(13-11-16)29-15-21(27)24-17-6-2-1-3-7-17/h1-14,26H,15H2,(H,24,27)(H,25,28)/b23-14+. The number of hydrogen-bond donors (Lipinski definition) is 3. The van der Waals surface area contributed by atoms with Gasteiger partial charge in [0.2, 0.25) is 0 Å². The van der Waals surface area contributed by atoms with Crippen LogP contribution >= 0.6 is 0 Å². The number of aromatic hydroxyl groups is 1. The Labute approximate surface area is 167 Å². The molecule has 0 saturated carbocycles. The molecule has 0 radical (unpaired) electrons. The van der Waals surface area contributed by atoms with Gasteiger partial charge in [0, 0.05) is 5.69 Å². The maximum Gasteiger partial charge on any atom is 0.275 e. The molecule has 3 aromatic rings. The Hall–Kier alpha value is -4.13. The number of rotatable bonds is 7. The summed E-state index contributed by atoms with van der Waals surface area (Å²) in [5.41, 5.74) is 3.93. The fourth-order valence-corrected chi connectivity index (χ4v) is 2.41. The minimum Gasteiger partial charge on any atom is -0.507 e. The van der Waals surface area contributed by atoms with Crippen molar-refractivity contribution in [2.75, 3.05) is 11.9 Å². The molecule has 0 saturated heterocycles. The smallest absolute Gasteiger partial charge is 0.275 e. The number of phenols is 1. The summed E-state index contributed by atoms with van der Waals surface area (Å²) in [6, 6.07) is 22.2. The topological polar surface area (TPSA) is 100 Å². The second-order valence-corrected chi connectivity index (χ2v) is 5.99. The summed E-state index contributed by atoms with van der Waals surface area (Å²) < 4.78 is 5.45. The summed E-state index contributed by atoms with van der Waals surface area (Å²) >= 11 is 0. The Balaban J connectivity index is 1.47. The minimum atomic E-state index is -0.510. The molecular weight excluding hydrogens is 370 g/mol. The van der Waals surface area contributed by atoms with E-state index in [1.807, 2.05) is 18.2 Å². The lowest BCUT2D eigenvalue weighted by molar-refractivity contribution is -0.118. The molecule has 0 spiro atoms. The van der Waals surface area contributed by atoms with Gasteiger partial charge in [-0.05, 0) is 54.1 Å². The van der Waals surface area contributed by atoms with E-state index in [-0.39, 0.29) is 23.8 Å². The molecule has 0 heterocycles. The van der Waals surface area contributed by atoms with Gasteiger partial charge in [-0.15, -0.1) is 0 Å². The van der Waals surface area contributed by atoms with Crippen LogP contribution in [0.25, 0.3) is 0 Å². The Bertz CT molecular complexity index is 1000. The summed E-state index contributed by atoms with van der Waals surface area (Å²) in [5, 5.41) is 16.3. The predicted molar refractivity (Wildman–Crippen MR) is 110 cm³/mol. The molecule has 146 valence electrons. The van der Waals surface area contributed by atoms with Gasteiger partial charge in [0.05, 0.1) is 11.8 Å². The lowest BCUT2D eigenvalue weighted by Crippen LogP contribution is -2.20. The van der Waals surface area contributed by atoms with Crippen LogP contribution in [0.1, 0.15) is 15.9 Å². The molecule has 0 aliphatic carbocycles. The number of phenolic OH excluding ortho intramolecular Hbond substituents is 1. The Morgan fingerprint density at radius 3 is 2.34 bits per heavy atom. The summed E-state index contributed by atoms with van der Waals surface area (Å²) in [7, 11) is 0. The predicted octanol–water partition coefficient (Wildman–Crippen LogP) is 3.17. The third-order valence-electron chi connectivity index (χ3n) is 3.84. The van der Waals surface area contributed by atoms with Crippen LogP contribution in [0, 0.1) is 0 Å². The average Bonchev–Trinajstić information content (AvgIpc) is 2.74. The number of carbonyl (C=O) groups is 2. The van der Waals surface area contributed by atoms with Crippen molar-refractivity contribution < 1.29 is 19.4 Å². The van der Waals surface area contributed by atoms with Gasteiger partial charge in [0.25, 0.3) is 11.8 Å². The van der Waals surface area contributed by atoms with Crippen LogP contribution in [0.15, 0.2) is 84.0 Å². The van der Waals surface area contributed by atoms with Crippen LogP contribution in [0.2, 0.25) is 0 Å². The zero-order valence-electron chi connectivity index (χ0n) is 15.4. The lowest BCUT2D eigenvalue weighted by atomic mass is 10.2. The van der Waals surface area contributed by atoms with E-state index in [0.29, 0.717) is 11.4 Å². The first kappa shape index (κ1) is 19.6. The number of benzene rings is 3. The number of hydrazone groups is 1. The highest BCUT2D eigenvalue weighted by Crippen LogP contribution is 2.15. The molecule has 3 rings (SSSR count). The average molecular weight is 389 g/mol. The number of amides is 2. The van der Waals surface area contributed by atoms with Gasteiger partial charge in [0.15, 0.2) is 6.61 Å². The molecule has 0 fully saturated rings. The zero-order chi connectivity index (χ0) is 20.5. The van der Waals surface area contributed by atoms with Crippen molar-refractivity contribution in [3.05, 3.63) is 90.0 Å². The third kappa shape index (κ3) is 5.93. The zero-order valence-corrected chi connectivity index (χ0v) is 15.4. The summed E-state index contributed by atoms with van der Waals surface area (Å²) in [5.74, 6) is -0.348. The van der Waals surface area contributed by atoms with Crippen LogP contribution in [-0.2, 0) is 4.79 Å². The van der Waals surface area contributed by atoms with Gasteiger partial charge < -0.3 is 15.2 Å². The largest absolute Gasteiger partial charge is 0.507 e. The van der Waals surface area contributed by atoms with Crippen molar-refractivity contribution in [3.63, 3.8) is 0 Å². The molecule has 7 nitrogen and oxygen atoms in total. The number of nitrogens with one attached hydrogen (secondary N) is 2. The van der Waals surface area contributed by atoms with Crippen LogP contribution in [-0.4, -0.2) is 29.7 Å². The summed E-state index contributed by atoms with van der Waals surface area (Å²) in [4.78, 5) is 23.8. The van der Waals surface area contributed by atoms with Crippen LogP contribution in [0.5, 0.6) is 11.5 Å². The summed E-state index contributed by atoms with van der Waals surface area (Å²) in [6.07, 6.45) is 1.46. The van der Waals surface area contributed by atoms with E-state index in [9.17, 15) is 14.7 Å². The molecule has 0 aliphatic heterocycles. The van der Waals surface area contributed by atoms with Crippen molar-refractivity contribution in [1.82, 2.24) is 5.43 Å². The fourth-order valence-electron chi connectivity index (χ4n) is 2.41. The van der Waals surface area contributed by atoms with E-state index in [1.165, 1.54) is 18.3 Å². The van der Waals surface area contributed by atoms with Crippen LogP contribution in [0.3, 0.4) is 0 Å². The number of hydrogen-bond acceptors (Lipinski definition) is 5. The molecule has 3 aromatic carbocycles. The molecule has 0 atom stereocenters. The van der Waals surface area contributed by atoms with E-state index in [0.717, 1.165) is 5.56 Å². The van der Waals surface area contributed by atoms with E-state index < -0.39 is 5.91 Å². The molecular formula is C22H19N3O4.